The lowest BCUT2D eigenvalue weighted by atomic mass is 10.1. The predicted octanol–water partition coefficient (Wildman–Crippen LogP) is 3.76. The van der Waals surface area contributed by atoms with Gasteiger partial charge in [-0.3, -0.25) is 29.4 Å². The summed E-state index contributed by atoms with van der Waals surface area (Å²) in [7, 11) is 0. The molecule has 1 fully saturated rings. The first-order valence-corrected chi connectivity index (χ1v) is 10.0. The van der Waals surface area contributed by atoms with E-state index in [2.05, 4.69) is 0 Å². The molecule has 1 aromatic carbocycles. The SMILES string of the molecule is CCN(CC)C(=O)CN1C(=O)S/C(=C\c2ccc(-c3ccc([N+](=O)[O-])cc3)o2)C1=O. The van der Waals surface area contributed by atoms with Crippen LogP contribution in [0.4, 0.5) is 10.5 Å². The lowest BCUT2D eigenvalue weighted by molar-refractivity contribution is -0.384. The third-order valence-electron chi connectivity index (χ3n) is 4.55. The molecule has 1 saturated heterocycles. The van der Waals surface area contributed by atoms with E-state index in [0.717, 1.165) is 16.7 Å². The minimum Gasteiger partial charge on any atom is -0.457 e. The van der Waals surface area contributed by atoms with Gasteiger partial charge in [0.2, 0.25) is 5.91 Å². The molecule has 3 amide bonds. The van der Waals surface area contributed by atoms with Crippen molar-refractivity contribution >= 4 is 40.6 Å². The Balaban J connectivity index is 1.75. The van der Waals surface area contributed by atoms with Gasteiger partial charge in [0.1, 0.15) is 18.1 Å². The zero-order chi connectivity index (χ0) is 21.8. The fraction of sp³-hybridized carbons (Fsp3) is 0.250. The molecule has 0 bridgehead atoms. The lowest BCUT2D eigenvalue weighted by Crippen LogP contribution is -2.41. The van der Waals surface area contributed by atoms with Crippen molar-refractivity contribution in [2.75, 3.05) is 19.6 Å². The molecule has 30 heavy (non-hydrogen) atoms. The molecule has 1 aromatic heterocycles. The summed E-state index contributed by atoms with van der Waals surface area (Å²) >= 11 is 0.749. The van der Waals surface area contributed by atoms with Crippen LogP contribution in [0.3, 0.4) is 0 Å². The number of nitrogens with zero attached hydrogens (tertiary/aromatic N) is 3. The fourth-order valence-electron chi connectivity index (χ4n) is 2.91. The van der Waals surface area contributed by atoms with Gasteiger partial charge in [-0.15, -0.1) is 0 Å². The van der Waals surface area contributed by atoms with Crippen molar-refractivity contribution in [3.63, 3.8) is 0 Å². The predicted molar refractivity (Wildman–Crippen MR) is 111 cm³/mol. The van der Waals surface area contributed by atoms with Crippen LogP contribution in [-0.4, -0.2) is 51.4 Å². The molecular weight excluding hydrogens is 410 g/mol. The van der Waals surface area contributed by atoms with Crippen molar-refractivity contribution in [2.45, 2.75) is 13.8 Å². The Labute approximate surface area is 176 Å². The largest absolute Gasteiger partial charge is 0.457 e. The van der Waals surface area contributed by atoms with Crippen LogP contribution in [-0.2, 0) is 9.59 Å². The van der Waals surface area contributed by atoms with E-state index in [9.17, 15) is 24.5 Å². The van der Waals surface area contributed by atoms with Gasteiger partial charge in [0.05, 0.1) is 9.83 Å². The highest BCUT2D eigenvalue weighted by atomic mass is 32.2. The number of thioether (sulfide) groups is 1. The smallest absolute Gasteiger partial charge is 0.294 e. The molecule has 0 aliphatic carbocycles. The van der Waals surface area contributed by atoms with E-state index in [1.165, 1.54) is 18.2 Å². The van der Waals surface area contributed by atoms with Gasteiger partial charge < -0.3 is 9.32 Å². The summed E-state index contributed by atoms with van der Waals surface area (Å²) in [6, 6.07) is 9.17. The van der Waals surface area contributed by atoms with Crippen LogP contribution >= 0.6 is 11.8 Å². The van der Waals surface area contributed by atoms with Crippen LogP contribution in [0.15, 0.2) is 45.7 Å². The second kappa shape index (κ2) is 8.95. The maximum absolute atomic E-state index is 12.6. The highest BCUT2D eigenvalue weighted by Crippen LogP contribution is 2.33. The van der Waals surface area contributed by atoms with Gasteiger partial charge in [-0.05, 0) is 49.9 Å². The topological polar surface area (TPSA) is 114 Å². The van der Waals surface area contributed by atoms with E-state index >= 15 is 0 Å². The molecule has 0 radical (unpaired) electrons. The Morgan fingerprint density at radius 2 is 1.83 bits per heavy atom. The van der Waals surface area contributed by atoms with Crippen molar-refractivity contribution in [3.05, 3.63) is 57.2 Å². The number of non-ortho nitro benzene ring substituents is 1. The molecule has 10 heteroatoms. The van der Waals surface area contributed by atoms with Crippen LogP contribution < -0.4 is 0 Å². The summed E-state index contributed by atoms with van der Waals surface area (Å²) in [5.41, 5.74) is 0.608. The molecule has 2 heterocycles. The summed E-state index contributed by atoms with van der Waals surface area (Å²) < 4.78 is 5.69. The van der Waals surface area contributed by atoms with Crippen molar-refractivity contribution in [1.82, 2.24) is 9.80 Å². The number of hydrogen-bond donors (Lipinski definition) is 0. The summed E-state index contributed by atoms with van der Waals surface area (Å²) in [5, 5.41) is 10.2. The lowest BCUT2D eigenvalue weighted by Gasteiger charge is -2.21. The molecule has 0 spiro atoms. The second-order valence-electron chi connectivity index (χ2n) is 6.34. The Kier molecular flexibility index (Phi) is 6.36. The minimum absolute atomic E-state index is 0.0292. The molecule has 2 aromatic rings. The maximum atomic E-state index is 12.6. The third kappa shape index (κ3) is 4.43. The van der Waals surface area contributed by atoms with E-state index < -0.39 is 16.1 Å². The molecular formula is C20H19N3O6S. The zero-order valence-corrected chi connectivity index (χ0v) is 17.2. The molecule has 0 unspecified atom stereocenters. The summed E-state index contributed by atoms with van der Waals surface area (Å²) in [6.45, 7) is 4.36. The second-order valence-corrected chi connectivity index (χ2v) is 7.33. The third-order valence-corrected chi connectivity index (χ3v) is 5.45. The van der Waals surface area contributed by atoms with Gasteiger partial charge in [0.15, 0.2) is 0 Å². The van der Waals surface area contributed by atoms with E-state index in [1.54, 1.807) is 29.2 Å². The first-order valence-electron chi connectivity index (χ1n) is 9.21. The molecule has 1 aliphatic heterocycles. The first-order chi connectivity index (χ1) is 14.3. The molecule has 1 aliphatic rings. The Bertz CT molecular complexity index is 1020. The summed E-state index contributed by atoms with van der Waals surface area (Å²) in [5.74, 6) is -0.0168. The van der Waals surface area contributed by atoms with E-state index in [4.69, 9.17) is 4.42 Å². The highest BCUT2D eigenvalue weighted by molar-refractivity contribution is 8.18. The Morgan fingerprint density at radius 3 is 2.43 bits per heavy atom. The average molecular weight is 429 g/mol. The van der Waals surface area contributed by atoms with Gasteiger partial charge in [-0.2, -0.15) is 0 Å². The van der Waals surface area contributed by atoms with Crippen molar-refractivity contribution in [1.29, 1.82) is 0 Å². The molecule has 0 N–H and O–H groups in total. The number of hydrogen-bond acceptors (Lipinski definition) is 7. The van der Waals surface area contributed by atoms with E-state index in [0.29, 0.717) is 30.2 Å². The van der Waals surface area contributed by atoms with Gasteiger partial charge >= 0.3 is 0 Å². The van der Waals surface area contributed by atoms with Crippen molar-refractivity contribution in [3.8, 4) is 11.3 Å². The highest BCUT2D eigenvalue weighted by Gasteiger charge is 2.37. The monoisotopic (exact) mass is 429 g/mol. The number of likely N-dealkylation sites (N-methyl/N-ethyl adjacent to an activating group) is 1. The van der Waals surface area contributed by atoms with Crippen LogP contribution in [0, 0.1) is 10.1 Å². The zero-order valence-electron chi connectivity index (χ0n) is 16.4. The number of nitro groups is 1. The number of rotatable bonds is 7. The molecule has 9 nitrogen and oxygen atoms in total. The van der Waals surface area contributed by atoms with Crippen LogP contribution in [0.25, 0.3) is 17.4 Å². The van der Waals surface area contributed by atoms with Crippen molar-refractivity contribution < 1.29 is 23.7 Å². The standard InChI is InChI=1S/C20H19N3O6S/c1-3-21(4-2)18(24)12-22-19(25)17(30-20(22)26)11-15-9-10-16(29-15)13-5-7-14(8-6-13)23(27)28/h5-11H,3-4,12H2,1-2H3/b17-11-. The van der Waals surface area contributed by atoms with Gasteiger partial charge in [-0.25, -0.2) is 0 Å². The summed E-state index contributed by atoms with van der Waals surface area (Å²) in [4.78, 5) is 49.9. The number of benzene rings is 1. The van der Waals surface area contributed by atoms with Crippen LogP contribution in [0.5, 0.6) is 0 Å². The van der Waals surface area contributed by atoms with Gasteiger partial charge in [0.25, 0.3) is 16.8 Å². The number of furan rings is 1. The average Bonchev–Trinajstić information content (AvgIpc) is 3.29. The molecule has 0 saturated carbocycles. The number of imide groups is 1. The summed E-state index contributed by atoms with van der Waals surface area (Å²) in [6.07, 6.45) is 1.45. The number of carbonyl (C=O) groups is 3. The molecule has 3 rings (SSSR count). The number of nitro benzene ring substituents is 1. The Hall–Kier alpha value is -3.40. The van der Waals surface area contributed by atoms with Gasteiger partial charge in [-0.1, -0.05) is 0 Å². The normalized spacial score (nSPS) is 15.1. The molecule has 0 atom stereocenters. The Morgan fingerprint density at radius 1 is 1.17 bits per heavy atom. The van der Waals surface area contributed by atoms with E-state index in [-0.39, 0.29) is 23.0 Å². The maximum Gasteiger partial charge on any atom is 0.294 e. The number of amides is 3. The van der Waals surface area contributed by atoms with Crippen molar-refractivity contribution in [2.24, 2.45) is 0 Å². The van der Waals surface area contributed by atoms with Gasteiger partial charge in [0, 0.05) is 36.9 Å². The van der Waals surface area contributed by atoms with Crippen LogP contribution in [0.1, 0.15) is 19.6 Å². The fourth-order valence-corrected chi connectivity index (χ4v) is 3.73. The van der Waals surface area contributed by atoms with E-state index in [1.807, 2.05) is 13.8 Å². The minimum atomic E-state index is -0.543. The molecule has 156 valence electrons. The first kappa shape index (κ1) is 21.3. The number of carbonyl (C=O) groups excluding carboxylic acids is 3. The quantitative estimate of drug-likeness (QED) is 0.374. The van der Waals surface area contributed by atoms with Crippen LogP contribution in [0.2, 0.25) is 0 Å².